The Morgan fingerprint density at radius 2 is 2.07 bits per heavy atom. The van der Waals surface area contributed by atoms with Crippen LogP contribution in [0.25, 0.3) is 11.3 Å². The van der Waals surface area contributed by atoms with E-state index in [0.29, 0.717) is 26.3 Å². The molecule has 1 aliphatic heterocycles. The molecular formula is C21H28N4O2. The SMILES string of the molecule is CCc1cc(C#CCNC)ccc1-c1cn(CC2OCC(C)(C)CO2)nn1. The van der Waals surface area contributed by atoms with Gasteiger partial charge in [-0.3, -0.25) is 0 Å². The van der Waals surface area contributed by atoms with E-state index >= 15 is 0 Å². The van der Waals surface area contributed by atoms with Crippen LogP contribution in [0, 0.1) is 17.3 Å². The van der Waals surface area contributed by atoms with Gasteiger partial charge in [-0.25, -0.2) is 4.68 Å². The van der Waals surface area contributed by atoms with Gasteiger partial charge in [-0.15, -0.1) is 5.10 Å². The minimum atomic E-state index is -0.275. The molecule has 1 aromatic heterocycles. The average Bonchev–Trinajstić information content (AvgIpc) is 3.12. The quantitative estimate of drug-likeness (QED) is 0.822. The molecule has 0 saturated carbocycles. The summed E-state index contributed by atoms with van der Waals surface area (Å²) < 4.78 is 13.4. The molecule has 1 aliphatic rings. The van der Waals surface area contributed by atoms with Crippen LogP contribution in [-0.2, 0) is 22.4 Å². The largest absolute Gasteiger partial charge is 0.350 e. The first kappa shape index (κ1) is 19.6. The first-order valence-electron chi connectivity index (χ1n) is 9.41. The van der Waals surface area contributed by atoms with Crippen molar-refractivity contribution in [1.82, 2.24) is 20.3 Å². The van der Waals surface area contributed by atoms with E-state index < -0.39 is 0 Å². The maximum atomic E-state index is 5.79. The summed E-state index contributed by atoms with van der Waals surface area (Å²) in [5.41, 5.74) is 4.25. The van der Waals surface area contributed by atoms with Crippen LogP contribution in [0.5, 0.6) is 0 Å². The van der Waals surface area contributed by atoms with E-state index in [4.69, 9.17) is 9.47 Å². The predicted octanol–water partition coefficient (Wildman–Crippen LogP) is 2.48. The first-order chi connectivity index (χ1) is 13.0. The Morgan fingerprint density at radius 1 is 1.30 bits per heavy atom. The molecule has 6 nitrogen and oxygen atoms in total. The minimum absolute atomic E-state index is 0.0673. The number of ether oxygens (including phenoxy) is 2. The standard InChI is InChI=1S/C21H28N4O2/c1-5-17-11-16(7-6-10-22-4)8-9-18(17)19-12-25(24-23-19)13-20-26-14-21(2,3)15-27-20/h8-9,11-12,20,22H,5,10,13-15H2,1-4H3. The molecule has 0 spiro atoms. The third-order valence-electron chi connectivity index (χ3n) is 4.45. The number of nitrogens with zero attached hydrogens (tertiary/aromatic N) is 3. The average molecular weight is 368 g/mol. The zero-order valence-corrected chi connectivity index (χ0v) is 16.6. The molecule has 0 amide bonds. The summed E-state index contributed by atoms with van der Waals surface area (Å²) in [5, 5.41) is 11.6. The van der Waals surface area contributed by atoms with Gasteiger partial charge in [-0.05, 0) is 31.2 Å². The van der Waals surface area contributed by atoms with Gasteiger partial charge in [0.1, 0.15) is 5.69 Å². The van der Waals surface area contributed by atoms with Crippen molar-refractivity contribution in [2.75, 3.05) is 26.8 Å². The van der Waals surface area contributed by atoms with Gasteiger partial charge < -0.3 is 14.8 Å². The van der Waals surface area contributed by atoms with Crippen molar-refractivity contribution in [3.63, 3.8) is 0 Å². The summed E-state index contributed by atoms with van der Waals surface area (Å²) in [6.07, 6.45) is 2.59. The zero-order valence-electron chi connectivity index (χ0n) is 16.6. The highest BCUT2D eigenvalue weighted by Gasteiger charge is 2.28. The lowest BCUT2D eigenvalue weighted by atomic mass is 9.96. The molecule has 1 aromatic carbocycles. The number of hydrogen-bond acceptors (Lipinski definition) is 5. The van der Waals surface area contributed by atoms with Crippen molar-refractivity contribution in [1.29, 1.82) is 0 Å². The molecule has 0 bridgehead atoms. The highest BCUT2D eigenvalue weighted by molar-refractivity contribution is 5.64. The fraction of sp³-hybridized carbons (Fsp3) is 0.524. The van der Waals surface area contributed by atoms with Crippen molar-refractivity contribution < 1.29 is 9.47 Å². The lowest BCUT2D eigenvalue weighted by Crippen LogP contribution is -2.39. The molecule has 2 aromatic rings. The number of aromatic nitrogens is 3. The number of nitrogens with one attached hydrogen (secondary N) is 1. The topological polar surface area (TPSA) is 61.2 Å². The van der Waals surface area contributed by atoms with E-state index in [1.807, 2.05) is 19.3 Å². The van der Waals surface area contributed by atoms with Gasteiger partial charge in [0.2, 0.25) is 0 Å². The Morgan fingerprint density at radius 3 is 2.78 bits per heavy atom. The van der Waals surface area contributed by atoms with Gasteiger partial charge >= 0.3 is 0 Å². The molecule has 1 fully saturated rings. The van der Waals surface area contributed by atoms with Gasteiger partial charge in [0.25, 0.3) is 0 Å². The zero-order chi connectivity index (χ0) is 19.3. The number of benzene rings is 1. The molecule has 1 saturated heterocycles. The Hall–Kier alpha value is -2.20. The maximum Gasteiger partial charge on any atom is 0.177 e. The fourth-order valence-electron chi connectivity index (χ4n) is 2.94. The molecular weight excluding hydrogens is 340 g/mol. The molecule has 0 aliphatic carbocycles. The number of aryl methyl sites for hydroxylation is 1. The third-order valence-corrected chi connectivity index (χ3v) is 4.45. The summed E-state index contributed by atoms with van der Waals surface area (Å²) in [6.45, 7) is 9.01. The molecule has 0 atom stereocenters. The summed E-state index contributed by atoms with van der Waals surface area (Å²) in [4.78, 5) is 0. The van der Waals surface area contributed by atoms with Crippen LogP contribution in [0.4, 0.5) is 0 Å². The second-order valence-electron chi connectivity index (χ2n) is 7.60. The Kier molecular flexibility index (Phi) is 6.27. The van der Waals surface area contributed by atoms with Crippen LogP contribution in [0.1, 0.15) is 31.9 Å². The van der Waals surface area contributed by atoms with E-state index in [9.17, 15) is 0 Å². The van der Waals surface area contributed by atoms with Gasteiger partial charge in [0.05, 0.1) is 32.5 Å². The maximum absolute atomic E-state index is 5.79. The Labute approximate surface area is 161 Å². The number of rotatable bonds is 5. The van der Waals surface area contributed by atoms with Crippen LogP contribution in [0.3, 0.4) is 0 Å². The lowest BCUT2D eigenvalue weighted by molar-refractivity contribution is -0.227. The van der Waals surface area contributed by atoms with Crippen LogP contribution >= 0.6 is 0 Å². The van der Waals surface area contributed by atoms with E-state index in [0.717, 1.165) is 23.2 Å². The van der Waals surface area contributed by atoms with Crippen molar-refractivity contribution in [2.45, 2.75) is 40.0 Å². The van der Waals surface area contributed by atoms with Crippen molar-refractivity contribution in [3.8, 4) is 23.1 Å². The normalized spacial score (nSPS) is 16.7. The van der Waals surface area contributed by atoms with Gasteiger partial charge in [0.15, 0.2) is 6.29 Å². The summed E-state index contributed by atoms with van der Waals surface area (Å²) in [6, 6.07) is 6.24. The van der Waals surface area contributed by atoms with Gasteiger partial charge in [-0.2, -0.15) is 0 Å². The van der Waals surface area contributed by atoms with Crippen molar-refractivity contribution in [2.24, 2.45) is 5.41 Å². The highest BCUT2D eigenvalue weighted by Crippen LogP contribution is 2.25. The molecule has 0 unspecified atom stereocenters. The smallest absolute Gasteiger partial charge is 0.177 e. The van der Waals surface area contributed by atoms with E-state index in [1.54, 1.807) is 4.68 Å². The number of hydrogen-bond donors (Lipinski definition) is 1. The Balaban J connectivity index is 1.71. The summed E-state index contributed by atoms with van der Waals surface area (Å²) >= 11 is 0. The Bertz CT molecular complexity index is 822. The fourth-order valence-corrected chi connectivity index (χ4v) is 2.94. The van der Waals surface area contributed by atoms with Crippen molar-refractivity contribution in [3.05, 3.63) is 35.5 Å². The predicted molar refractivity (Wildman–Crippen MR) is 105 cm³/mol. The molecule has 1 N–H and O–H groups in total. The molecule has 0 radical (unpaired) electrons. The minimum Gasteiger partial charge on any atom is -0.350 e. The molecule has 2 heterocycles. The second-order valence-corrected chi connectivity index (χ2v) is 7.60. The van der Waals surface area contributed by atoms with E-state index in [2.05, 4.69) is 60.4 Å². The van der Waals surface area contributed by atoms with Gasteiger partial charge in [0, 0.05) is 16.5 Å². The van der Waals surface area contributed by atoms with Crippen molar-refractivity contribution >= 4 is 0 Å². The van der Waals surface area contributed by atoms with Crippen LogP contribution in [-0.4, -0.2) is 48.1 Å². The summed E-state index contributed by atoms with van der Waals surface area (Å²) in [7, 11) is 1.89. The molecule has 3 rings (SSSR count). The monoisotopic (exact) mass is 368 g/mol. The molecule has 27 heavy (non-hydrogen) atoms. The molecule has 6 heteroatoms. The lowest BCUT2D eigenvalue weighted by Gasteiger charge is -2.34. The third kappa shape index (κ3) is 5.16. The molecule has 144 valence electrons. The van der Waals surface area contributed by atoms with Gasteiger partial charge in [-0.1, -0.05) is 43.9 Å². The van der Waals surface area contributed by atoms with Crippen LogP contribution in [0.2, 0.25) is 0 Å². The highest BCUT2D eigenvalue weighted by atomic mass is 16.7. The van der Waals surface area contributed by atoms with Crippen LogP contribution < -0.4 is 5.32 Å². The first-order valence-corrected chi connectivity index (χ1v) is 9.41. The van der Waals surface area contributed by atoms with E-state index in [-0.39, 0.29) is 11.7 Å². The van der Waals surface area contributed by atoms with E-state index in [1.165, 1.54) is 5.56 Å². The second kappa shape index (κ2) is 8.66. The van der Waals surface area contributed by atoms with Crippen LogP contribution in [0.15, 0.2) is 24.4 Å². The summed E-state index contributed by atoms with van der Waals surface area (Å²) in [5.74, 6) is 6.27.